The topological polar surface area (TPSA) is 56.5 Å². The van der Waals surface area contributed by atoms with Crippen LogP contribution in [0.5, 0.6) is 5.75 Å². The lowest BCUT2D eigenvalue weighted by Gasteiger charge is -2.05. The van der Waals surface area contributed by atoms with Crippen LogP contribution in [0, 0.1) is 0 Å². The second-order valence-corrected chi connectivity index (χ2v) is 5.49. The van der Waals surface area contributed by atoms with E-state index >= 15 is 0 Å². The van der Waals surface area contributed by atoms with Crippen molar-refractivity contribution < 1.29 is 13.9 Å². The number of aryl methyl sites for hydroxylation is 1. The molecule has 0 aliphatic rings. The fraction of sp³-hybridized carbons (Fsp3) is 0.111. The van der Waals surface area contributed by atoms with E-state index in [1.807, 2.05) is 12.1 Å². The molecule has 0 unspecified atom stereocenters. The Morgan fingerprint density at radius 1 is 1.04 bits per heavy atom. The Balaban J connectivity index is 1.65. The normalized spacial score (nSPS) is 10.7. The Hall–Kier alpha value is -2.59. The van der Waals surface area contributed by atoms with E-state index in [1.54, 1.807) is 30.3 Å². The van der Waals surface area contributed by atoms with Crippen molar-refractivity contribution in [1.82, 2.24) is 0 Å². The Bertz CT molecular complexity index is 897. The third kappa shape index (κ3) is 3.99. The molecule has 0 N–H and O–H groups in total. The molecule has 0 saturated heterocycles. The van der Waals surface area contributed by atoms with E-state index in [0.29, 0.717) is 22.8 Å². The average molecular weight is 329 g/mol. The summed E-state index contributed by atoms with van der Waals surface area (Å²) in [5.74, 6) is 0.00512. The third-order valence-corrected chi connectivity index (χ3v) is 3.61. The number of ether oxygens (including phenoxy) is 1. The van der Waals surface area contributed by atoms with E-state index < -0.39 is 5.63 Å². The smallest absolute Gasteiger partial charge is 0.336 e. The summed E-state index contributed by atoms with van der Waals surface area (Å²) in [6.45, 7) is 0. The summed E-state index contributed by atoms with van der Waals surface area (Å²) in [4.78, 5) is 23.1. The van der Waals surface area contributed by atoms with Crippen LogP contribution in [0.2, 0.25) is 5.02 Å². The molecule has 0 amide bonds. The van der Waals surface area contributed by atoms with Crippen LogP contribution in [0.15, 0.2) is 63.8 Å². The first-order valence-corrected chi connectivity index (χ1v) is 7.47. The minimum atomic E-state index is -0.441. The highest BCUT2D eigenvalue weighted by molar-refractivity contribution is 6.30. The molecule has 0 atom stereocenters. The molecule has 1 aromatic heterocycles. The van der Waals surface area contributed by atoms with Crippen molar-refractivity contribution in [2.75, 3.05) is 0 Å². The van der Waals surface area contributed by atoms with E-state index in [1.165, 1.54) is 12.1 Å². The molecule has 1 heterocycles. The van der Waals surface area contributed by atoms with Gasteiger partial charge < -0.3 is 9.15 Å². The van der Waals surface area contributed by atoms with Crippen LogP contribution in [-0.4, -0.2) is 5.97 Å². The zero-order valence-corrected chi connectivity index (χ0v) is 12.9. The van der Waals surface area contributed by atoms with Crippen molar-refractivity contribution in [2.24, 2.45) is 0 Å². The molecular weight excluding hydrogens is 316 g/mol. The average Bonchev–Trinajstić information content (AvgIpc) is 2.54. The van der Waals surface area contributed by atoms with Gasteiger partial charge in [0.1, 0.15) is 11.3 Å². The van der Waals surface area contributed by atoms with Crippen molar-refractivity contribution >= 4 is 28.5 Å². The van der Waals surface area contributed by atoms with Gasteiger partial charge >= 0.3 is 11.6 Å². The maximum atomic E-state index is 11.9. The first-order chi connectivity index (χ1) is 11.1. The number of esters is 1. The van der Waals surface area contributed by atoms with E-state index in [0.717, 1.165) is 10.9 Å². The lowest BCUT2D eigenvalue weighted by Crippen LogP contribution is -2.09. The first-order valence-electron chi connectivity index (χ1n) is 7.09. The fourth-order valence-corrected chi connectivity index (χ4v) is 2.31. The predicted molar refractivity (Wildman–Crippen MR) is 87.9 cm³/mol. The van der Waals surface area contributed by atoms with Gasteiger partial charge in [-0.25, -0.2) is 4.79 Å². The van der Waals surface area contributed by atoms with E-state index in [9.17, 15) is 9.59 Å². The zero-order valence-electron chi connectivity index (χ0n) is 12.1. The van der Waals surface area contributed by atoms with Gasteiger partial charge in [0.05, 0.1) is 0 Å². The molecule has 3 rings (SSSR count). The highest BCUT2D eigenvalue weighted by Gasteiger charge is 2.07. The molecule has 5 heteroatoms. The highest BCUT2D eigenvalue weighted by atomic mass is 35.5. The number of hydrogen-bond donors (Lipinski definition) is 0. The molecule has 0 aliphatic heterocycles. The summed E-state index contributed by atoms with van der Waals surface area (Å²) < 4.78 is 10.3. The van der Waals surface area contributed by atoms with Gasteiger partial charge in [0.2, 0.25) is 0 Å². The second kappa shape index (κ2) is 6.67. The van der Waals surface area contributed by atoms with Crippen LogP contribution < -0.4 is 10.4 Å². The van der Waals surface area contributed by atoms with Crippen molar-refractivity contribution in [3.05, 3.63) is 75.6 Å². The minimum Gasteiger partial charge on any atom is -0.426 e. The van der Waals surface area contributed by atoms with E-state index in [-0.39, 0.29) is 12.4 Å². The number of rotatable bonds is 4. The second-order valence-electron chi connectivity index (χ2n) is 5.05. The van der Waals surface area contributed by atoms with Gasteiger partial charge in [-0.3, -0.25) is 4.79 Å². The molecule has 3 aromatic rings. The number of carbonyl (C=O) groups excluding carboxylic acids is 1. The van der Waals surface area contributed by atoms with Crippen LogP contribution in [-0.2, 0) is 11.2 Å². The van der Waals surface area contributed by atoms with Crippen LogP contribution >= 0.6 is 11.6 Å². The molecule has 0 spiro atoms. The Labute approximate surface area is 137 Å². The van der Waals surface area contributed by atoms with Crippen molar-refractivity contribution in [1.29, 1.82) is 0 Å². The number of benzene rings is 2. The molecular formula is C18H13ClO4. The van der Waals surface area contributed by atoms with Crippen molar-refractivity contribution in [3.63, 3.8) is 0 Å². The van der Waals surface area contributed by atoms with Crippen molar-refractivity contribution in [3.8, 4) is 5.75 Å². The third-order valence-electron chi connectivity index (χ3n) is 3.36. The van der Waals surface area contributed by atoms with Gasteiger partial charge in [0, 0.05) is 29.0 Å². The number of fused-ring (bicyclic) bond motifs is 1. The summed E-state index contributed by atoms with van der Waals surface area (Å²) in [5.41, 5.74) is 0.958. The van der Waals surface area contributed by atoms with Gasteiger partial charge in [-0.1, -0.05) is 23.7 Å². The summed E-state index contributed by atoms with van der Waals surface area (Å²) in [6, 6.07) is 15.3. The number of carbonyl (C=O) groups is 1. The summed E-state index contributed by atoms with van der Waals surface area (Å²) in [6.07, 6.45) is 0.817. The van der Waals surface area contributed by atoms with Crippen LogP contribution in [0.4, 0.5) is 0 Å². The minimum absolute atomic E-state index is 0.248. The lowest BCUT2D eigenvalue weighted by molar-refractivity contribution is -0.134. The summed E-state index contributed by atoms with van der Waals surface area (Å²) >= 11 is 5.82. The SMILES string of the molecule is O=C(CCc1ccc(Cl)cc1)Oc1ccc2ccc(=O)oc2c1. The maximum absolute atomic E-state index is 11.9. The molecule has 2 aromatic carbocycles. The van der Waals surface area contributed by atoms with Crippen LogP contribution in [0.25, 0.3) is 11.0 Å². The molecule has 0 saturated carbocycles. The molecule has 0 radical (unpaired) electrons. The predicted octanol–water partition coefficient (Wildman–Crippen LogP) is 3.98. The summed E-state index contributed by atoms with van der Waals surface area (Å²) in [7, 11) is 0. The molecule has 116 valence electrons. The largest absolute Gasteiger partial charge is 0.426 e. The number of hydrogen-bond acceptors (Lipinski definition) is 4. The van der Waals surface area contributed by atoms with Crippen LogP contribution in [0.1, 0.15) is 12.0 Å². The molecule has 4 nitrogen and oxygen atoms in total. The molecule has 0 aliphatic carbocycles. The van der Waals surface area contributed by atoms with Gasteiger partial charge in [0.25, 0.3) is 0 Å². The fourth-order valence-electron chi connectivity index (χ4n) is 2.18. The zero-order chi connectivity index (χ0) is 16.2. The van der Waals surface area contributed by atoms with Crippen molar-refractivity contribution in [2.45, 2.75) is 12.8 Å². The lowest BCUT2D eigenvalue weighted by atomic mass is 10.1. The van der Waals surface area contributed by atoms with Gasteiger partial charge in [0.15, 0.2) is 0 Å². The molecule has 23 heavy (non-hydrogen) atoms. The molecule has 0 fully saturated rings. The summed E-state index contributed by atoms with van der Waals surface area (Å²) in [5, 5.41) is 1.43. The van der Waals surface area contributed by atoms with Gasteiger partial charge in [-0.2, -0.15) is 0 Å². The van der Waals surface area contributed by atoms with E-state index in [2.05, 4.69) is 0 Å². The Kier molecular flexibility index (Phi) is 4.44. The standard InChI is InChI=1S/C18H13ClO4/c19-14-6-1-12(2-7-14)3-9-17(20)22-15-8-4-13-5-10-18(21)23-16(13)11-15/h1-2,4-8,10-11H,3,9H2. The monoisotopic (exact) mass is 328 g/mol. The maximum Gasteiger partial charge on any atom is 0.336 e. The van der Waals surface area contributed by atoms with Gasteiger partial charge in [-0.15, -0.1) is 0 Å². The van der Waals surface area contributed by atoms with Gasteiger partial charge in [-0.05, 0) is 42.3 Å². The quantitative estimate of drug-likeness (QED) is 0.413. The van der Waals surface area contributed by atoms with E-state index in [4.69, 9.17) is 20.8 Å². The number of halogens is 1. The molecule has 0 bridgehead atoms. The highest BCUT2D eigenvalue weighted by Crippen LogP contribution is 2.20. The Morgan fingerprint density at radius 3 is 2.57 bits per heavy atom. The van der Waals surface area contributed by atoms with Crippen LogP contribution in [0.3, 0.4) is 0 Å². The Morgan fingerprint density at radius 2 is 1.78 bits per heavy atom. The first kappa shape index (κ1) is 15.3.